The lowest BCUT2D eigenvalue weighted by atomic mass is 9.98. The zero-order valence-electron chi connectivity index (χ0n) is 7.96. The quantitative estimate of drug-likeness (QED) is 0.862. The summed E-state index contributed by atoms with van der Waals surface area (Å²) >= 11 is 3.54. The third kappa shape index (κ3) is 3.49. The van der Waals surface area contributed by atoms with Gasteiger partial charge in [-0.15, -0.1) is 0 Å². The van der Waals surface area contributed by atoms with Gasteiger partial charge in [0.05, 0.1) is 0 Å². The molecule has 1 aromatic rings. The molecule has 1 rings (SSSR count). The molecule has 0 aliphatic carbocycles. The molecule has 0 radical (unpaired) electrons. The molecule has 0 aromatic heterocycles. The maximum atomic E-state index is 5.51. The predicted molar refractivity (Wildman–Crippen MR) is 60.7 cm³/mol. The number of hydrogen-bond acceptors (Lipinski definition) is 1. The summed E-state index contributed by atoms with van der Waals surface area (Å²) in [6.45, 7) is 3.03. The van der Waals surface area contributed by atoms with Crippen LogP contribution in [0.15, 0.2) is 28.7 Å². The van der Waals surface area contributed by atoms with Crippen LogP contribution in [0.25, 0.3) is 0 Å². The van der Waals surface area contributed by atoms with Crippen molar-refractivity contribution in [2.24, 2.45) is 11.7 Å². The van der Waals surface area contributed by atoms with Crippen molar-refractivity contribution in [2.75, 3.05) is 6.54 Å². The minimum Gasteiger partial charge on any atom is -0.330 e. The molecule has 0 aliphatic rings. The lowest BCUT2D eigenvalue weighted by Gasteiger charge is -2.10. The fourth-order valence-corrected chi connectivity index (χ4v) is 1.87. The molecule has 0 spiro atoms. The van der Waals surface area contributed by atoms with Crippen LogP contribution in [0.1, 0.15) is 18.9 Å². The minimum atomic E-state index is 0.670. The van der Waals surface area contributed by atoms with Crippen LogP contribution in [0, 0.1) is 5.92 Å². The van der Waals surface area contributed by atoms with Crippen LogP contribution in [0.2, 0.25) is 0 Å². The summed E-state index contributed by atoms with van der Waals surface area (Å²) in [5, 5.41) is 0. The second-order valence-electron chi connectivity index (χ2n) is 3.48. The van der Waals surface area contributed by atoms with Crippen LogP contribution in [0.3, 0.4) is 0 Å². The molecule has 0 heterocycles. The third-order valence-electron chi connectivity index (χ3n) is 2.19. The zero-order chi connectivity index (χ0) is 9.68. The summed E-state index contributed by atoms with van der Waals surface area (Å²) in [4.78, 5) is 0. The molecular weight excluding hydrogens is 226 g/mol. The van der Waals surface area contributed by atoms with E-state index in [0.717, 1.165) is 19.4 Å². The zero-order valence-corrected chi connectivity index (χ0v) is 9.55. The lowest BCUT2D eigenvalue weighted by Crippen LogP contribution is -2.08. The molecular formula is C11H16BrN. The Morgan fingerprint density at radius 1 is 1.38 bits per heavy atom. The van der Waals surface area contributed by atoms with Crippen LogP contribution in [-0.4, -0.2) is 6.54 Å². The second-order valence-corrected chi connectivity index (χ2v) is 4.33. The summed E-state index contributed by atoms with van der Waals surface area (Å²) in [6, 6.07) is 8.37. The van der Waals surface area contributed by atoms with Crippen LogP contribution < -0.4 is 5.73 Å². The van der Waals surface area contributed by atoms with E-state index < -0.39 is 0 Å². The van der Waals surface area contributed by atoms with Crippen LogP contribution in [0.4, 0.5) is 0 Å². The molecule has 1 nitrogen and oxygen atoms in total. The highest BCUT2D eigenvalue weighted by molar-refractivity contribution is 9.10. The summed E-state index contributed by atoms with van der Waals surface area (Å²) in [6.07, 6.45) is 2.21. The summed E-state index contributed by atoms with van der Waals surface area (Å²) in [5.74, 6) is 0.670. The molecule has 1 aromatic carbocycles. The number of rotatable bonds is 4. The fraction of sp³-hybridized carbons (Fsp3) is 0.455. The molecule has 1 unspecified atom stereocenters. The molecule has 2 N–H and O–H groups in total. The van der Waals surface area contributed by atoms with Crippen molar-refractivity contribution < 1.29 is 0 Å². The topological polar surface area (TPSA) is 26.0 Å². The highest BCUT2D eigenvalue weighted by Crippen LogP contribution is 2.20. The first-order valence-electron chi connectivity index (χ1n) is 4.67. The van der Waals surface area contributed by atoms with Gasteiger partial charge >= 0.3 is 0 Å². The highest BCUT2D eigenvalue weighted by atomic mass is 79.9. The van der Waals surface area contributed by atoms with Gasteiger partial charge in [0.1, 0.15) is 0 Å². The first kappa shape index (κ1) is 10.7. The van der Waals surface area contributed by atoms with Crippen LogP contribution in [0.5, 0.6) is 0 Å². The van der Waals surface area contributed by atoms with E-state index >= 15 is 0 Å². The molecule has 13 heavy (non-hydrogen) atoms. The Kier molecular flexibility index (Phi) is 4.46. The Labute approximate surface area is 88.5 Å². The Morgan fingerprint density at radius 2 is 2.08 bits per heavy atom. The van der Waals surface area contributed by atoms with E-state index in [1.165, 1.54) is 10.0 Å². The minimum absolute atomic E-state index is 0.670. The van der Waals surface area contributed by atoms with Gasteiger partial charge in [-0.1, -0.05) is 41.1 Å². The number of hydrogen-bond donors (Lipinski definition) is 1. The maximum absolute atomic E-state index is 5.51. The highest BCUT2D eigenvalue weighted by Gasteiger charge is 2.04. The number of benzene rings is 1. The second kappa shape index (κ2) is 5.40. The monoisotopic (exact) mass is 241 g/mol. The van der Waals surface area contributed by atoms with Crippen molar-refractivity contribution in [3.05, 3.63) is 34.3 Å². The molecule has 0 amide bonds. The average molecular weight is 242 g/mol. The largest absolute Gasteiger partial charge is 0.330 e. The standard InChI is InChI=1S/C11H16BrN/c1-9(6-7-13)8-10-4-2-3-5-11(10)12/h2-5,9H,6-8,13H2,1H3. The first-order chi connectivity index (χ1) is 6.24. The van der Waals surface area contributed by atoms with Crippen molar-refractivity contribution in [1.82, 2.24) is 0 Å². The normalized spacial score (nSPS) is 12.8. The molecule has 72 valence electrons. The number of halogens is 1. The summed E-state index contributed by atoms with van der Waals surface area (Å²) < 4.78 is 1.21. The van der Waals surface area contributed by atoms with E-state index in [0.29, 0.717) is 5.92 Å². The van der Waals surface area contributed by atoms with Crippen LogP contribution >= 0.6 is 15.9 Å². The van der Waals surface area contributed by atoms with Gasteiger partial charge in [0, 0.05) is 4.47 Å². The van der Waals surface area contributed by atoms with Crippen molar-refractivity contribution in [3.63, 3.8) is 0 Å². The van der Waals surface area contributed by atoms with E-state index in [1.807, 2.05) is 6.07 Å². The van der Waals surface area contributed by atoms with E-state index in [2.05, 4.69) is 41.1 Å². The van der Waals surface area contributed by atoms with E-state index in [9.17, 15) is 0 Å². The van der Waals surface area contributed by atoms with E-state index in [1.54, 1.807) is 0 Å². The summed E-state index contributed by atoms with van der Waals surface area (Å²) in [5.41, 5.74) is 6.89. The Balaban J connectivity index is 2.58. The van der Waals surface area contributed by atoms with Gasteiger partial charge in [-0.05, 0) is 36.9 Å². The maximum Gasteiger partial charge on any atom is 0.0207 e. The molecule has 0 fully saturated rings. The molecule has 1 atom stereocenters. The van der Waals surface area contributed by atoms with Crippen molar-refractivity contribution in [3.8, 4) is 0 Å². The predicted octanol–water partition coefficient (Wildman–Crippen LogP) is 2.98. The van der Waals surface area contributed by atoms with E-state index in [4.69, 9.17) is 5.73 Å². The molecule has 2 heteroatoms. The average Bonchev–Trinajstić information content (AvgIpc) is 2.09. The van der Waals surface area contributed by atoms with Crippen molar-refractivity contribution in [2.45, 2.75) is 19.8 Å². The first-order valence-corrected chi connectivity index (χ1v) is 5.46. The van der Waals surface area contributed by atoms with Crippen molar-refractivity contribution in [1.29, 1.82) is 0 Å². The third-order valence-corrected chi connectivity index (χ3v) is 2.96. The lowest BCUT2D eigenvalue weighted by molar-refractivity contribution is 0.537. The van der Waals surface area contributed by atoms with E-state index in [-0.39, 0.29) is 0 Å². The summed E-state index contributed by atoms with van der Waals surface area (Å²) in [7, 11) is 0. The van der Waals surface area contributed by atoms with Gasteiger partial charge in [0.2, 0.25) is 0 Å². The molecule has 0 bridgehead atoms. The SMILES string of the molecule is CC(CCN)Cc1ccccc1Br. The fourth-order valence-electron chi connectivity index (χ4n) is 1.43. The Hall–Kier alpha value is -0.340. The van der Waals surface area contributed by atoms with Gasteiger partial charge in [-0.3, -0.25) is 0 Å². The number of nitrogens with two attached hydrogens (primary N) is 1. The smallest absolute Gasteiger partial charge is 0.0207 e. The Morgan fingerprint density at radius 3 is 2.69 bits per heavy atom. The van der Waals surface area contributed by atoms with Gasteiger partial charge in [0.15, 0.2) is 0 Å². The molecule has 0 saturated carbocycles. The van der Waals surface area contributed by atoms with Gasteiger partial charge in [-0.25, -0.2) is 0 Å². The van der Waals surface area contributed by atoms with Gasteiger partial charge < -0.3 is 5.73 Å². The van der Waals surface area contributed by atoms with Crippen LogP contribution in [-0.2, 0) is 6.42 Å². The Bertz CT molecular complexity index is 260. The van der Waals surface area contributed by atoms with Gasteiger partial charge in [0.25, 0.3) is 0 Å². The molecule has 0 aliphatic heterocycles. The van der Waals surface area contributed by atoms with Crippen molar-refractivity contribution >= 4 is 15.9 Å². The van der Waals surface area contributed by atoms with Gasteiger partial charge in [-0.2, -0.15) is 0 Å². The molecule has 0 saturated heterocycles.